The molecule has 0 radical (unpaired) electrons. The second kappa shape index (κ2) is 7.44. The summed E-state index contributed by atoms with van der Waals surface area (Å²) in [6.45, 7) is 2.60. The Kier molecular flexibility index (Phi) is 4.85. The number of imide groups is 1. The van der Waals surface area contributed by atoms with Crippen LogP contribution in [0.4, 0.5) is 4.79 Å². The Labute approximate surface area is 160 Å². The molecule has 0 bridgehead atoms. The van der Waals surface area contributed by atoms with Gasteiger partial charge in [-0.25, -0.2) is 4.98 Å². The van der Waals surface area contributed by atoms with E-state index < -0.39 is 0 Å². The lowest BCUT2D eigenvalue weighted by Gasteiger charge is -2.04. The lowest BCUT2D eigenvalue weighted by molar-refractivity contribution is -0.118. The van der Waals surface area contributed by atoms with E-state index in [1.165, 1.54) is 0 Å². The molecule has 3 aromatic rings. The number of nitrogens with one attached hydrogen (secondary N) is 1. The predicted octanol–water partition coefficient (Wildman–Crippen LogP) is 3.71. The van der Waals surface area contributed by atoms with Crippen molar-refractivity contribution in [2.24, 2.45) is 0 Å². The van der Waals surface area contributed by atoms with E-state index >= 15 is 0 Å². The zero-order chi connectivity index (χ0) is 18.8. The maximum absolute atomic E-state index is 11.7. The quantitative estimate of drug-likeness (QED) is 0.700. The molecule has 7 heteroatoms. The number of ether oxygens (including phenoxy) is 1. The smallest absolute Gasteiger partial charge is 0.286 e. The van der Waals surface area contributed by atoms with Crippen LogP contribution in [-0.2, 0) is 17.6 Å². The lowest BCUT2D eigenvalue weighted by Crippen LogP contribution is -2.25. The SMILES string of the molecule is CCOc1ccc(Cc2nc3cc(CC4SC(=O)NC4=O)ccc3o2)cc1. The fraction of sp³-hybridized carbons (Fsp3) is 0.250. The van der Waals surface area contributed by atoms with Gasteiger partial charge in [0.05, 0.1) is 11.9 Å². The van der Waals surface area contributed by atoms with Crippen molar-refractivity contribution in [3.63, 3.8) is 0 Å². The molecule has 1 aliphatic heterocycles. The molecular formula is C20H18N2O4S. The van der Waals surface area contributed by atoms with Crippen LogP contribution < -0.4 is 10.1 Å². The van der Waals surface area contributed by atoms with Gasteiger partial charge < -0.3 is 9.15 Å². The molecule has 2 amide bonds. The minimum Gasteiger partial charge on any atom is -0.494 e. The number of hydrogen-bond acceptors (Lipinski definition) is 6. The summed E-state index contributed by atoms with van der Waals surface area (Å²) in [6, 6.07) is 13.5. The third kappa shape index (κ3) is 3.98. The van der Waals surface area contributed by atoms with Gasteiger partial charge in [-0.05, 0) is 48.7 Å². The fourth-order valence-electron chi connectivity index (χ4n) is 3.01. The fourth-order valence-corrected chi connectivity index (χ4v) is 3.87. The van der Waals surface area contributed by atoms with Crippen molar-refractivity contribution in [2.45, 2.75) is 25.0 Å². The second-order valence-electron chi connectivity index (χ2n) is 6.25. The molecule has 0 saturated carbocycles. The van der Waals surface area contributed by atoms with Gasteiger partial charge in [0.2, 0.25) is 5.91 Å². The van der Waals surface area contributed by atoms with Gasteiger partial charge >= 0.3 is 0 Å². The standard InChI is InChI=1S/C20H18N2O4S/c1-2-25-14-6-3-12(4-7-14)11-18-21-15-9-13(5-8-16(15)26-18)10-17-19(23)22-20(24)27-17/h3-9,17H,2,10-11H2,1H3,(H,22,23,24). The van der Waals surface area contributed by atoms with E-state index in [0.717, 1.165) is 34.2 Å². The highest BCUT2D eigenvalue weighted by Gasteiger charge is 2.31. The Morgan fingerprint density at radius 1 is 1.15 bits per heavy atom. The first-order valence-electron chi connectivity index (χ1n) is 8.72. The first-order chi connectivity index (χ1) is 13.1. The number of oxazole rings is 1. The van der Waals surface area contributed by atoms with Gasteiger partial charge in [0.15, 0.2) is 11.5 Å². The van der Waals surface area contributed by atoms with Crippen LogP contribution in [0.1, 0.15) is 23.9 Å². The van der Waals surface area contributed by atoms with Crippen LogP contribution in [-0.4, -0.2) is 28.0 Å². The van der Waals surface area contributed by atoms with E-state index in [2.05, 4.69) is 10.3 Å². The highest BCUT2D eigenvalue weighted by Crippen LogP contribution is 2.25. The molecule has 27 heavy (non-hydrogen) atoms. The summed E-state index contributed by atoms with van der Waals surface area (Å²) >= 11 is 1.03. The molecule has 1 N–H and O–H groups in total. The third-order valence-corrected chi connectivity index (χ3v) is 5.26. The number of carbonyl (C=O) groups excluding carboxylic acids is 2. The largest absolute Gasteiger partial charge is 0.494 e. The van der Waals surface area contributed by atoms with E-state index in [0.29, 0.717) is 30.9 Å². The Hall–Kier alpha value is -2.80. The number of thioether (sulfide) groups is 1. The van der Waals surface area contributed by atoms with Gasteiger partial charge in [0, 0.05) is 6.42 Å². The van der Waals surface area contributed by atoms with E-state index in [-0.39, 0.29) is 16.4 Å². The molecular weight excluding hydrogens is 364 g/mol. The average Bonchev–Trinajstić information content (AvgIpc) is 3.18. The molecule has 1 unspecified atom stereocenters. The van der Waals surface area contributed by atoms with Gasteiger partial charge in [0.25, 0.3) is 5.24 Å². The lowest BCUT2D eigenvalue weighted by atomic mass is 10.1. The molecule has 1 saturated heterocycles. The van der Waals surface area contributed by atoms with E-state index in [1.54, 1.807) is 0 Å². The molecule has 6 nitrogen and oxygen atoms in total. The molecule has 0 aliphatic carbocycles. The van der Waals surface area contributed by atoms with Crippen molar-refractivity contribution in [1.29, 1.82) is 0 Å². The molecule has 2 aromatic carbocycles. The van der Waals surface area contributed by atoms with Crippen LogP contribution in [0.25, 0.3) is 11.1 Å². The second-order valence-corrected chi connectivity index (χ2v) is 7.43. The highest BCUT2D eigenvalue weighted by atomic mass is 32.2. The van der Waals surface area contributed by atoms with Gasteiger partial charge in [0.1, 0.15) is 11.3 Å². The normalized spacial score (nSPS) is 16.7. The van der Waals surface area contributed by atoms with Crippen LogP contribution >= 0.6 is 11.8 Å². The van der Waals surface area contributed by atoms with Crippen molar-refractivity contribution >= 4 is 34.0 Å². The Morgan fingerprint density at radius 2 is 1.93 bits per heavy atom. The Balaban J connectivity index is 1.49. The molecule has 1 aliphatic rings. The van der Waals surface area contributed by atoms with Gasteiger partial charge in [-0.3, -0.25) is 14.9 Å². The van der Waals surface area contributed by atoms with Crippen LogP contribution in [0.15, 0.2) is 46.9 Å². The van der Waals surface area contributed by atoms with E-state index in [9.17, 15) is 9.59 Å². The topological polar surface area (TPSA) is 81.4 Å². The van der Waals surface area contributed by atoms with E-state index in [4.69, 9.17) is 9.15 Å². The minimum atomic E-state index is -0.384. The molecule has 2 heterocycles. The Morgan fingerprint density at radius 3 is 2.63 bits per heavy atom. The summed E-state index contributed by atoms with van der Waals surface area (Å²) in [6.07, 6.45) is 1.07. The first-order valence-corrected chi connectivity index (χ1v) is 9.60. The number of aromatic nitrogens is 1. The Bertz CT molecular complexity index is 997. The van der Waals surface area contributed by atoms with Crippen LogP contribution in [0.2, 0.25) is 0 Å². The van der Waals surface area contributed by atoms with Crippen molar-refractivity contribution in [2.75, 3.05) is 6.61 Å². The first kappa shape index (κ1) is 17.6. The van der Waals surface area contributed by atoms with Gasteiger partial charge in [-0.15, -0.1) is 0 Å². The molecule has 1 atom stereocenters. The number of nitrogens with zero attached hydrogens (tertiary/aromatic N) is 1. The van der Waals surface area contributed by atoms with Crippen molar-refractivity contribution < 1.29 is 18.7 Å². The van der Waals surface area contributed by atoms with Gasteiger partial charge in [-0.2, -0.15) is 0 Å². The summed E-state index contributed by atoms with van der Waals surface area (Å²) in [7, 11) is 0. The van der Waals surface area contributed by atoms with Crippen LogP contribution in [0.5, 0.6) is 5.75 Å². The zero-order valence-corrected chi connectivity index (χ0v) is 15.5. The van der Waals surface area contributed by atoms with Gasteiger partial charge in [-0.1, -0.05) is 30.0 Å². The molecule has 4 rings (SSSR count). The number of fused-ring (bicyclic) bond motifs is 1. The maximum atomic E-state index is 11.7. The zero-order valence-electron chi connectivity index (χ0n) is 14.7. The average molecular weight is 382 g/mol. The summed E-state index contributed by atoms with van der Waals surface area (Å²) < 4.78 is 11.3. The number of rotatable bonds is 6. The maximum Gasteiger partial charge on any atom is 0.286 e. The van der Waals surface area contributed by atoms with Crippen LogP contribution in [0.3, 0.4) is 0 Å². The predicted molar refractivity (Wildman–Crippen MR) is 103 cm³/mol. The molecule has 1 fully saturated rings. The minimum absolute atomic E-state index is 0.235. The van der Waals surface area contributed by atoms with Crippen LogP contribution in [0, 0.1) is 0 Å². The van der Waals surface area contributed by atoms with E-state index in [1.807, 2.05) is 49.4 Å². The molecule has 138 valence electrons. The number of amides is 2. The number of carbonyl (C=O) groups is 2. The molecule has 0 spiro atoms. The summed E-state index contributed by atoms with van der Waals surface area (Å²) in [5.41, 5.74) is 3.50. The molecule has 1 aromatic heterocycles. The highest BCUT2D eigenvalue weighted by molar-refractivity contribution is 8.15. The third-order valence-electron chi connectivity index (χ3n) is 4.27. The summed E-state index contributed by atoms with van der Waals surface area (Å²) in [4.78, 5) is 27.6. The summed E-state index contributed by atoms with van der Waals surface area (Å²) in [5, 5.41) is 1.64. The number of hydrogen-bond donors (Lipinski definition) is 1. The van der Waals surface area contributed by atoms with Crippen molar-refractivity contribution in [3.8, 4) is 5.75 Å². The van der Waals surface area contributed by atoms with Crippen molar-refractivity contribution in [3.05, 3.63) is 59.5 Å². The monoisotopic (exact) mass is 382 g/mol. The summed E-state index contributed by atoms with van der Waals surface area (Å²) in [5.74, 6) is 1.24. The number of benzene rings is 2. The van der Waals surface area contributed by atoms with Crippen molar-refractivity contribution in [1.82, 2.24) is 10.3 Å².